The molecule has 2 rings (SSSR count). The van der Waals surface area contributed by atoms with E-state index in [0.717, 1.165) is 22.2 Å². The van der Waals surface area contributed by atoms with Crippen LogP contribution < -0.4 is 5.73 Å². The molecule has 0 aliphatic rings. The minimum atomic E-state index is 0.344. The second-order valence-corrected chi connectivity index (χ2v) is 4.53. The topological polar surface area (TPSA) is 51.2 Å². The first-order valence-electron chi connectivity index (χ1n) is 5.56. The van der Waals surface area contributed by atoms with Gasteiger partial charge in [-0.05, 0) is 29.7 Å². The molecule has 16 heavy (non-hydrogen) atoms. The lowest BCUT2D eigenvalue weighted by molar-refractivity contribution is 0.480. The SMILES string of the molecule is CC(C)c1cc(O)c2cc(CN)n(C)c2c1. The Morgan fingerprint density at radius 2 is 2.00 bits per heavy atom. The van der Waals surface area contributed by atoms with Crippen LogP contribution in [-0.2, 0) is 13.6 Å². The molecule has 0 atom stereocenters. The average Bonchev–Trinajstić information content (AvgIpc) is 2.56. The van der Waals surface area contributed by atoms with Gasteiger partial charge >= 0.3 is 0 Å². The lowest BCUT2D eigenvalue weighted by Gasteiger charge is -2.08. The highest BCUT2D eigenvalue weighted by molar-refractivity contribution is 5.88. The monoisotopic (exact) mass is 218 g/mol. The Bertz CT molecular complexity index is 526. The summed E-state index contributed by atoms with van der Waals surface area (Å²) in [4.78, 5) is 0. The van der Waals surface area contributed by atoms with Gasteiger partial charge in [0, 0.05) is 24.7 Å². The highest BCUT2D eigenvalue weighted by Crippen LogP contribution is 2.31. The van der Waals surface area contributed by atoms with Crippen LogP contribution in [0.5, 0.6) is 5.75 Å². The normalized spacial score (nSPS) is 11.6. The molecule has 3 nitrogen and oxygen atoms in total. The molecule has 0 saturated heterocycles. The van der Waals surface area contributed by atoms with Crippen LogP contribution >= 0.6 is 0 Å². The zero-order chi connectivity index (χ0) is 11.9. The van der Waals surface area contributed by atoms with Gasteiger partial charge in [-0.1, -0.05) is 13.8 Å². The Morgan fingerprint density at radius 1 is 1.31 bits per heavy atom. The van der Waals surface area contributed by atoms with Crippen LogP contribution in [0.1, 0.15) is 31.0 Å². The second kappa shape index (κ2) is 3.83. The number of aromatic nitrogens is 1. The smallest absolute Gasteiger partial charge is 0.125 e. The van der Waals surface area contributed by atoms with Crippen molar-refractivity contribution < 1.29 is 5.11 Å². The number of benzene rings is 1. The molecule has 0 spiro atoms. The Hall–Kier alpha value is -1.48. The number of phenols is 1. The van der Waals surface area contributed by atoms with Gasteiger partial charge < -0.3 is 15.4 Å². The van der Waals surface area contributed by atoms with Crippen molar-refractivity contribution in [2.75, 3.05) is 0 Å². The zero-order valence-corrected chi connectivity index (χ0v) is 9.99. The highest BCUT2D eigenvalue weighted by Gasteiger charge is 2.11. The van der Waals surface area contributed by atoms with E-state index in [1.165, 1.54) is 0 Å². The van der Waals surface area contributed by atoms with E-state index in [4.69, 9.17) is 5.73 Å². The number of hydrogen-bond donors (Lipinski definition) is 2. The van der Waals surface area contributed by atoms with E-state index in [0.29, 0.717) is 18.2 Å². The molecule has 2 aromatic rings. The molecule has 0 amide bonds. The van der Waals surface area contributed by atoms with E-state index < -0.39 is 0 Å². The van der Waals surface area contributed by atoms with Gasteiger partial charge in [-0.15, -0.1) is 0 Å². The fraction of sp³-hybridized carbons (Fsp3) is 0.385. The molecule has 0 radical (unpaired) electrons. The van der Waals surface area contributed by atoms with E-state index in [-0.39, 0.29) is 0 Å². The number of phenolic OH excluding ortho intramolecular Hbond substituents is 1. The van der Waals surface area contributed by atoms with Crippen molar-refractivity contribution in [2.45, 2.75) is 26.3 Å². The van der Waals surface area contributed by atoms with E-state index in [1.54, 1.807) is 0 Å². The molecule has 1 aromatic heterocycles. The molecule has 0 fully saturated rings. The number of fused-ring (bicyclic) bond motifs is 1. The molecule has 0 bridgehead atoms. The van der Waals surface area contributed by atoms with Crippen LogP contribution in [0, 0.1) is 0 Å². The Kier molecular flexibility index (Phi) is 2.64. The van der Waals surface area contributed by atoms with E-state index in [1.807, 2.05) is 23.7 Å². The van der Waals surface area contributed by atoms with Crippen LogP contribution in [0.4, 0.5) is 0 Å². The summed E-state index contributed by atoms with van der Waals surface area (Å²) in [6.07, 6.45) is 0. The van der Waals surface area contributed by atoms with Crippen LogP contribution in [0.3, 0.4) is 0 Å². The Morgan fingerprint density at radius 3 is 2.56 bits per heavy atom. The first-order chi connectivity index (χ1) is 7.54. The maximum Gasteiger partial charge on any atom is 0.125 e. The first kappa shape index (κ1) is 11.0. The van der Waals surface area contributed by atoms with Crippen molar-refractivity contribution in [3.05, 3.63) is 29.5 Å². The van der Waals surface area contributed by atoms with Crippen LogP contribution in [-0.4, -0.2) is 9.67 Å². The summed E-state index contributed by atoms with van der Waals surface area (Å²) in [5.41, 5.74) is 8.89. The summed E-state index contributed by atoms with van der Waals surface area (Å²) in [5, 5.41) is 10.9. The van der Waals surface area contributed by atoms with E-state index in [9.17, 15) is 5.11 Å². The van der Waals surface area contributed by atoms with Crippen LogP contribution in [0.25, 0.3) is 10.9 Å². The molecule has 0 aliphatic heterocycles. The van der Waals surface area contributed by atoms with Crippen LogP contribution in [0.15, 0.2) is 18.2 Å². The number of aryl methyl sites for hydroxylation is 1. The van der Waals surface area contributed by atoms with Crippen molar-refractivity contribution in [2.24, 2.45) is 12.8 Å². The third-order valence-electron chi connectivity index (χ3n) is 3.14. The first-order valence-corrected chi connectivity index (χ1v) is 5.56. The van der Waals surface area contributed by atoms with E-state index >= 15 is 0 Å². The van der Waals surface area contributed by atoms with Gasteiger partial charge in [0.15, 0.2) is 0 Å². The molecular formula is C13H18N2O. The molecule has 1 heterocycles. The summed E-state index contributed by atoms with van der Waals surface area (Å²) in [5.74, 6) is 0.753. The largest absolute Gasteiger partial charge is 0.507 e. The van der Waals surface area contributed by atoms with Gasteiger partial charge in [0.1, 0.15) is 5.75 Å². The predicted octanol–water partition coefficient (Wildman–Crippen LogP) is 2.47. The average molecular weight is 218 g/mol. The number of hydrogen-bond acceptors (Lipinski definition) is 2. The molecule has 0 unspecified atom stereocenters. The molecular weight excluding hydrogens is 200 g/mol. The minimum Gasteiger partial charge on any atom is -0.507 e. The summed E-state index contributed by atoms with van der Waals surface area (Å²) in [6, 6.07) is 5.92. The lowest BCUT2D eigenvalue weighted by Crippen LogP contribution is -2.02. The number of nitrogens with zero attached hydrogens (tertiary/aromatic N) is 1. The van der Waals surface area contributed by atoms with Gasteiger partial charge in [0.2, 0.25) is 0 Å². The van der Waals surface area contributed by atoms with Crippen molar-refractivity contribution in [1.29, 1.82) is 0 Å². The number of aromatic hydroxyl groups is 1. The molecule has 3 heteroatoms. The fourth-order valence-corrected chi connectivity index (χ4v) is 2.02. The maximum absolute atomic E-state index is 9.98. The molecule has 86 valence electrons. The maximum atomic E-state index is 9.98. The van der Waals surface area contributed by atoms with Gasteiger partial charge in [-0.25, -0.2) is 0 Å². The lowest BCUT2D eigenvalue weighted by atomic mass is 10.0. The van der Waals surface area contributed by atoms with E-state index in [2.05, 4.69) is 19.9 Å². The standard InChI is InChI=1S/C13H18N2O/c1-8(2)9-4-12-11(13(16)5-9)6-10(7-14)15(12)3/h4-6,8,16H,7,14H2,1-3H3. The second-order valence-electron chi connectivity index (χ2n) is 4.53. The Labute approximate surface area is 95.5 Å². The molecule has 0 aliphatic carbocycles. The van der Waals surface area contributed by atoms with Gasteiger partial charge in [0.05, 0.1) is 5.52 Å². The van der Waals surface area contributed by atoms with Gasteiger partial charge in [-0.2, -0.15) is 0 Å². The van der Waals surface area contributed by atoms with Gasteiger partial charge in [0.25, 0.3) is 0 Å². The predicted molar refractivity (Wildman–Crippen MR) is 66.6 cm³/mol. The molecule has 0 saturated carbocycles. The summed E-state index contributed by atoms with van der Waals surface area (Å²) in [6.45, 7) is 4.72. The highest BCUT2D eigenvalue weighted by atomic mass is 16.3. The fourth-order valence-electron chi connectivity index (χ4n) is 2.02. The van der Waals surface area contributed by atoms with Crippen molar-refractivity contribution in [3.8, 4) is 5.75 Å². The minimum absolute atomic E-state index is 0.344. The summed E-state index contributed by atoms with van der Waals surface area (Å²) >= 11 is 0. The molecule has 1 aromatic carbocycles. The third kappa shape index (κ3) is 1.57. The van der Waals surface area contributed by atoms with Crippen molar-refractivity contribution in [1.82, 2.24) is 4.57 Å². The number of nitrogens with two attached hydrogens (primary N) is 1. The zero-order valence-electron chi connectivity index (χ0n) is 9.99. The van der Waals surface area contributed by atoms with Crippen molar-refractivity contribution in [3.63, 3.8) is 0 Å². The summed E-state index contributed by atoms with van der Waals surface area (Å²) in [7, 11) is 1.98. The number of rotatable bonds is 2. The summed E-state index contributed by atoms with van der Waals surface area (Å²) < 4.78 is 2.04. The Balaban J connectivity index is 2.75. The van der Waals surface area contributed by atoms with Crippen LogP contribution in [0.2, 0.25) is 0 Å². The quantitative estimate of drug-likeness (QED) is 0.813. The van der Waals surface area contributed by atoms with Gasteiger partial charge in [-0.3, -0.25) is 0 Å². The van der Waals surface area contributed by atoms with Crippen molar-refractivity contribution >= 4 is 10.9 Å². The third-order valence-corrected chi connectivity index (χ3v) is 3.14. The molecule has 3 N–H and O–H groups in total.